The zero-order valence-corrected chi connectivity index (χ0v) is 14.1. The molecule has 1 aromatic heterocycles. The Bertz CT molecular complexity index is 754. The molecule has 0 spiro atoms. The Kier molecular flexibility index (Phi) is 4.10. The van der Waals surface area contributed by atoms with Gasteiger partial charge in [-0.05, 0) is 49.4 Å². The van der Waals surface area contributed by atoms with Crippen LogP contribution in [0.5, 0.6) is 0 Å². The van der Waals surface area contributed by atoms with Crippen LogP contribution < -0.4 is 0 Å². The number of nitrogens with zero attached hydrogens (tertiary/aromatic N) is 1. The number of hydrogen-bond acceptors (Lipinski definition) is 2. The lowest BCUT2D eigenvalue weighted by atomic mass is 9.90. The summed E-state index contributed by atoms with van der Waals surface area (Å²) < 4.78 is 33.5. The highest BCUT2D eigenvalue weighted by atomic mass is 19.1. The van der Waals surface area contributed by atoms with Crippen LogP contribution in [0.2, 0.25) is 0 Å². The van der Waals surface area contributed by atoms with Gasteiger partial charge >= 0.3 is 0 Å². The summed E-state index contributed by atoms with van der Waals surface area (Å²) >= 11 is 0. The summed E-state index contributed by atoms with van der Waals surface area (Å²) in [6, 6.07) is 7.50. The summed E-state index contributed by atoms with van der Waals surface area (Å²) in [5.74, 6) is -0.527. The maximum atomic E-state index is 14.0. The van der Waals surface area contributed by atoms with E-state index in [0.29, 0.717) is 18.9 Å². The fourth-order valence-corrected chi connectivity index (χ4v) is 4.02. The van der Waals surface area contributed by atoms with Gasteiger partial charge in [-0.25, -0.2) is 8.78 Å². The molecule has 1 aromatic carbocycles. The van der Waals surface area contributed by atoms with E-state index >= 15 is 0 Å². The zero-order valence-electron chi connectivity index (χ0n) is 14.1. The van der Waals surface area contributed by atoms with E-state index in [1.165, 1.54) is 18.2 Å². The Balaban J connectivity index is 1.55. The minimum Gasteiger partial charge on any atom is -0.467 e. The van der Waals surface area contributed by atoms with Crippen molar-refractivity contribution in [1.82, 2.24) is 4.90 Å². The third-order valence-corrected chi connectivity index (χ3v) is 5.50. The summed E-state index contributed by atoms with van der Waals surface area (Å²) in [5.41, 5.74) is 0.0563. The van der Waals surface area contributed by atoms with Gasteiger partial charge in [-0.1, -0.05) is 13.0 Å². The van der Waals surface area contributed by atoms with Crippen molar-refractivity contribution in [3.8, 4) is 0 Å². The van der Waals surface area contributed by atoms with Gasteiger partial charge in [-0.3, -0.25) is 4.79 Å². The molecule has 1 aliphatic carbocycles. The van der Waals surface area contributed by atoms with Crippen LogP contribution in [0.1, 0.15) is 49.5 Å². The van der Waals surface area contributed by atoms with Gasteiger partial charge in [0.2, 0.25) is 5.91 Å². The fourth-order valence-electron chi connectivity index (χ4n) is 4.02. The predicted molar refractivity (Wildman–Crippen MR) is 88.8 cm³/mol. The van der Waals surface area contributed by atoms with E-state index in [1.807, 2.05) is 17.0 Å². The van der Waals surface area contributed by atoms with Crippen molar-refractivity contribution in [3.63, 3.8) is 0 Å². The van der Waals surface area contributed by atoms with Crippen LogP contribution in [0.4, 0.5) is 8.78 Å². The molecule has 25 heavy (non-hydrogen) atoms. The second-order valence-corrected chi connectivity index (χ2v) is 7.28. The molecule has 5 heteroatoms. The standard InChI is InChI=1S/C20H21F2NO2/c1-12-7-8-23(17(10-12)18-6-3-9-25-18)20(24)14-11-13(14)19-15(21)4-2-5-16(19)22/h2-6,9,12-14,17H,7-8,10-11H2,1H3/t12-,13+,14-,17-/m1/s1. The average molecular weight is 345 g/mol. The van der Waals surface area contributed by atoms with Crippen molar-refractivity contribution in [2.45, 2.75) is 38.1 Å². The van der Waals surface area contributed by atoms with Gasteiger partial charge in [0.25, 0.3) is 0 Å². The first-order valence-electron chi connectivity index (χ1n) is 8.84. The fraction of sp³-hybridized carbons (Fsp3) is 0.450. The first-order valence-corrected chi connectivity index (χ1v) is 8.84. The molecule has 2 fully saturated rings. The largest absolute Gasteiger partial charge is 0.467 e. The number of benzene rings is 1. The molecular formula is C20H21F2NO2. The molecule has 2 heterocycles. The minimum atomic E-state index is -0.560. The Morgan fingerprint density at radius 2 is 1.92 bits per heavy atom. The number of likely N-dealkylation sites (tertiary alicyclic amines) is 1. The van der Waals surface area contributed by atoms with Crippen molar-refractivity contribution < 1.29 is 18.0 Å². The molecule has 0 N–H and O–H groups in total. The lowest BCUT2D eigenvalue weighted by Gasteiger charge is -2.37. The number of carbonyl (C=O) groups excluding carboxylic acids is 1. The Morgan fingerprint density at radius 3 is 2.60 bits per heavy atom. The highest BCUT2D eigenvalue weighted by molar-refractivity contribution is 5.83. The van der Waals surface area contributed by atoms with E-state index in [4.69, 9.17) is 4.42 Å². The maximum absolute atomic E-state index is 14.0. The molecule has 2 aromatic rings. The quantitative estimate of drug-likeness (QED) is 0.810. The van der Waals surface area contributed by atoms with E-state index < -0.39 is 11.6 Å². The van der Waals surface area contributed by atoms with E-state index in [1.54, 1.807) is 6.26 Å². The zero-order chi connectivity index (χ0) is 17.6. The maximum Gasteiger partial charge on any atom is 0.226 e. The third-order valence-electron chi connectivity index (χ3n) is 5.50. The summed E-state index contributed by atoms with van der Waals surface area (Å²) in [6.45, 7) is 2.83. The summed E-state index contributed by atoms with van der Waals surface area (Å²) in [4.78, 5) is 14.9. The van der Waals surface area contributed by atoms with Crippen LogP contribution in [-0.4, -0.2) is 17.4 Å². The SMILES string of the molecule is C[C@@H]1CCN(C(=O)[C@@H]2C[C@@H]2c2c(F)cccc2F)[C@@H](c2ccco2)C1. The smallest absolute Gasteiger partial charge is 0.226 e. The van der Waals surface area contributed by atoms with Gasteiger partial charge in [-0.2, -0.15) is 0 Å². The molecule has 0 radical (unpaired) electrons. The van der Waals surface area contributed by atoms with E-state index in [9.17, 15) is 13.6 Å². The molecule has 2 aliphatic rings. The molecule has 0 unspecified atom stereocenters. The molecule has 1 saturated carbocycles. The molecule has 0 bridgehead atoms. The molecule has 132 valence electrons. The van der Waals surface area contributed by atoms with Gasteiger partial charge in [0.1, 0.15) is 17.4 Å². The van der Waals surface area contributed by atoms with Crippen LogP contribution in [0, 0.1) is 23.5 Å². The van der Waals surface area contributed by atoms with Crippen LogP contribution in [0.15, 0.2) is 41.0 Å². The third kappa shape index (κ3) is 2.96. The van der Waals surface area contributed by atoms with Gasteiger partial charge in [0.15, 0.2) is 0 Å². The number of carbonyl (C=O) groups is 1. The van der Waals surface area contributed by atoms with Crippen LogP contribution in [-0.2, 0) is 4.79 Å². The van der Waals surface area contributed by atoms with Crippen LogP contribution in [0.25, 0.3) is 0 Å². The summed E-state index contributed by atoms with van der Waals surface area (Å²) in [7, 11) is 0. The van der Waals surface area contributed by atoms with Gasteiger partial charge in [-0.15, -0.1) is 0 Å². The van der Waals surface area contributed by atoms with Crippen molar-refractivity contribution in [1.29, 1.82) is 0 Å². The second-order valence-electron chi connectivity index (χ2n) is 7.28. The molecular weight excluding hydrogens is 324 g/mol. The molecule has 4 atom stereocenters. The highest BCUT2D eigenvalue weighted by Gasteiger charge is 2.50. The van der Waals surface area contributed by atoms with Crippen molar-refractivity contribution in [3.05, 3.63) is 59.6 Å². The number of hydrogen-bond donors (Lipinski definition) is 0. The first kappa shape index (κ1) is 16.3. The first-order chi connectivity index (χ1) is 12.1. The number of amides is 1. The van der Waals surface area contributed by atoms with Crippen LogP contribution in [0.3, 0.4) is 0 Å². The highest BCUT2D eigenvalue weighted by Crippen LogP contribution is 2.51. The molecule has 1 aliphatic heterocycles. The van der Waals surface area contributed by atoms with E-state index in [-0.39, 0.29) is 29.3 Å². The monoisotopic (exact) mass is 345 g/mol. The van der Waals surface area contributed by atoms with Crippen molar-refractivity contribution >= 4 is 5.91 Å². The predicted octanol–water partition coefficient (Wildman–Crippen LogP) is 4.66. The molecule has 3 nitrogen and oxygen atoms in total. The number of rotatable bonds is 3. The topological polar surface area (TPSA) is 33.5 Å². The number of furan rings is 1. The Hall–Kier alpha value is -2.17. The van der Waals surface area contributed by atoms with Crippen molar-refractivity contribution in [2.75, 3.05) is 6.54 Å². The van der Waals surface area contributed by atoms with Gasteiger partial charge < -0.3 is 9.32 Å². The molecule has 1 saturated heterocycles. The Morgan fingerprint density at radius 1 is 1.16 bits per heavy atom. The lowest BCUT2D eigenvalue weighted by molar-refractivity contribution is -0.137. The van der Waals surface area contributed by atoms with Gasteiger partial charge in [0, 0.05) is 23.9 Å². The van der Waals surface area contributed by atoms with E-state index in [0.717, 1.165) is 18.6 Å². The minimum absolute atomic E-state index is 0.0130. The molecule has 4 rings (SSSR count). The van der Waals surface area contributed by atoms with Gasteiger partial charge in [0.05, 0.1) is 12.3 Å². The second kappa shape index (κ2) is 6.28. The lowest BCUT2D eigenvalue weighted by Crippen LogP contribution is -2.41. The average Bonchev–Trinajstić information content (AvgIpc) is 3.16. The van der Waals surface area contributed by atoms with Crippen molar-refractivity contribution in [2.24, 2.45) is 11.8 Å². The van der Waals surface area contributed by atoms with Crippen LogP contribution >= 0.6 is 0 Å². The molecule has 1 amide bonds. The number of halogens is 2. The van der Waals surface area contributed by atoms with E-state index in [2.05, 4.69) is 6.92 Å². The summed E-state index contributed by atoms with van der Waals surface area (Å²) in [6.07, 6.45) is 3.92. The Labute approximate surface area is 145 Å². The normalized spacial score (nSPS) is 28.8. The number of piperidine rings is 1. The summed E-state index contributed by atoms with van der Waals surface area (Å²) in [5, 5.41) is 0.